The fourth-order valence-electron chi connectivity index (χ4n) is 4.35. The monoisotopic (exact) mass is 492 g/mol. The normalized spacial score (nSPS) is 15.0. The summed E-state index contributed by atoms with van der Waals surface area (Å²) in [5.41, 5.74) is 2.99. The van der Waals surface area contributed by atoms with E-state index < -0.39 is 10.0 Å². The van der Waals surface area contributed by atoms with E-state index in [1.54, 1.807) is 29.2 Å². The molecule has 0 saturated carbocycles. The van der Waals surface area contributed by atoms with Crippen molar-refractivity contribution >= 4 is 21.6 Å². The third kappa shape index (κ3) is 6.46. The van der Waals surface area contributed by atoms with Crippen LogP contribution in [-0.2, 0) is 16.4 Å². The van der Waals surface area contributed by atoms with Gasteiger partial charge in [-0.25, -0.2) is 8.42 Å². The van der Waals surface area contributed by atoms with E-state index >= 15 is 0 Å². The number of pyridine rings is 1. The Balaban J connectivity index is 1.35. The highest BCUT2D eigenvalue weighted by molar-refractivity contribution is 7.92. The molecule has 0 unspecified atom stereocenters. The summed E-state index contributed by atoms with van der Waals surface area (Å²) in [5.74, 6) is -0.163. The predicted octanol–water partition coefficient (Wildman–Crippen LogP) is 3.97. The van der Waals surface area contributed by atoms with Crippen LogP contribution in [0.25, 0.3) is 0 Å². The van der Waals surface area contributed by atoms with Crippen LogP contribution in [0.5, 0.6) is 0 Å². The minimum Gasteiger partial charge on any atom is -0.339 e. The summed E-state index contributed by atoms with van der Waals surface area (Å²) in [5, 5.41) is 0. The number of amides is 1. The summed E-state index contributed by atoms with van der Waals surface area (Å²) in [6.07, 6.45) is 4.51. The van der Waals surface area contributed by atoms with E-state index in [1.807, 2.05) is 50.5 Å². The van der Waals surface area contributed by atoms with E-state index in [0.29, 0.717) is 11.3 Å². The second-order valence-corrected chi connectivity index (χ2v) is 10.7. The summed E-state index contributed by atoms with van der Waals surface area (Å²) >= 11 is 0. The molecule has 1 saturated heterocycles. The lowest BCUT2D eigenvalue weighted by atomic mass is 10.0. The highest BCUT2D eigenvalue weighted by Gasteiger charge is 2.26. The number of aryl methyl sites for hydroxylation is 1. The van der Waals surface area contributed by atoms with Crippen LogP contribution < -0.4 is 4.72 Å². The molecule has 7 nitrogen and oxygen atoms in total. The molecule has 1 amide bonds. The highest BCUT2D eigenvalue weighted by atomic mass is 32.2. The first kappa shape index (κ1) is 24.9. The molecule has 2 aromatic carbocycles. The zero-order valence-electron chi connectivity index (χ0n) is 20.2. The molecule has 1 N–H and O–H groups in total. The van der Waals surface area contributed by atoms with Crippen molar-refractivity contribution in [3.63, 3.8) is 0 Å². The van der Waals surface area contributed by atoms with Gasteiger partial charge in [0.1, 0.15) is 0 Å². The molecule has 0 atom stereocenters. The number of hydrogen-bond acceptors (Lipinski definition) is 5. The number of likely N-dealkylation sites (tertiary alicyclic amines) is 1. The van der Waals surface area contributed by atoms with Crippen molar-refractivity contribution in [3.05, 3.63) is 89.7 Å². The lowest BCUT2D eigenvalue weighted by molar-refractivity contribution is 0.0643. The molecule has 1 aromatic heterocycles. The summed E-state index contributed by atoms with van der Waals surface area (Å²) in [6.45, 7) is 4.74. The van der Waals surface area contributed by atoms with Gasteiger partial charge in [-0.05, 0) is 62.2 Å². The summed E-state index contributed by atoms with van der Waals surface area (Å²) in [7, 11) is -1.99. The Labute approximate surface area is 207 Å². The van der Waals surface area contributed by atoms with Gasteiger partial charge in [-0.15, -0.1) is 0 Å². The number of anilines is 1. The average molecular weight is 493 g/mol. The van der Waals surface area contributed by atoms with Gasteiger partial charge in [0.05, 0.1) is 4.90 Å². The van der Waals surface area contributed by atoms with Gasteiger partial charge in [0, 0.05) is 62.3 Å². The maximum Gasteiger partial charge on any atom is 0.261 e. The quantitative estimate of drug-likeness (QED) is 0.515. The Bertz CT molecular complexity index is 1240. The Morgan fingerprint density at radius 1 is 1.06 bits per heavy atom. The van der Waals surface area contributed by atoms with Crippen LogP contribution in [0, 0.1) is 6.92 Å². The van der Waals surface area contributed by atoms with Crippen molar-refractivity contribution in [1.82, 2.24) is 14.8 Å². The molecule has 1 aliphatic rings. The van der Waals surface area contributed by atoms with Gasteiger partial charge in [-0.2, -0.15) is 0 Å². The number of hydrogen-bond donors (Lipinski definition) is 1. The van der Waals surface area contributed by atoms with E-state index in [2.05, 4.69) is 14.6 Å². The Morgan fingerprint density at radius 3 is 2.49 bits per heavy atom. The number of carbonyl (C=O) groups excluding carboxylic acids is 1. The van der Waals surface area contributed by atoms with Crippen LogP contribution in [0.4, 0.5) is 5.69 Å². The lowest BCUT2D eigenvalue weighted by Gasteiger charge is -2.36. The Hall–Kier alpha value is -3.23. The molecule has 2 heterocycles. The van der Waals surface area contributed by atoms with E-state index in [1.165, 1.54) is 12.1 Å². The zero-order valence-corrected chi connectivity index (χ0v) is 21.0. The van der Waals surface area contributed by atoms with E-state index in [0.717, 1.165) is 50.2 Å². The first-order valence-electron chi connectivity index (χ1n) is 11.9. The van der Waals surface area contributed by atoms with E-state index in [-0.39, 0.29) is 16.8 Å². The fraction of sp³-hybridized carbons (Fsp3) is 0.333. The second-order valence-electron chi connectivity index (χ2n) is 9.06. The number of rotatable bonds is 8. The Kier molecular flexibility index (Phi) is 7.83. The van der Waals surface area contributed by atoms with Gasteiger partial charge >= 0.3 is 0 Å². The molecule has 184 valence electrons. The van der Waals surface area contributed by atoms with Gasteiger partial charge in [0.2, 0.25) is 0 Å². The lowest BCUT2D eigenvalue weighted by Crippen LogP contribution is -2.46. The largest absolute Gasteiger partial charge is 0.339 e. The van der Waals surface area contributed by atoms with Crippen LogP contribution in [0.15, 0.2) is 77.8 Å². The second kappa shape index (κ2) is 11.0. The molecule has 1 fully saturated rings. The molecule has 0 bridgehead atoms. The minimum absolute atomic E-state index is 0.0710. The topological polar surface area (TPSA) is 82.6 Å². The van der Waals surface area contributed by atoms with Crippen molar-refractivity contribution < 1.29 is 13.2 Å². The van der Waals surface area contributed by atoms with Crippen LogP contribution in [0.1, 0.15) is 34.5 Å². The third-order valence-electron chi connectivity index (χ3n) is 6.53. The summed E-state index contributed by atoms with van der Waals surface area (Å²) in [6, 6.07) is 19.5. The van der Waals surface area contributed by atoms with Gasteiger partial charge in [-0.1, -0.05) is 29.8 Å². The maximum absolute atomic E-state index is 13.2. The number of benzene rings is 2. The molecule has 0 aliphatic carbocycles. The van der Waals surface area contributed by atoms with Gasteiger partial charge in [-0.3, -0.25) is 14.5 Å². The number of carbonyl (C=O) groups is 1. The predicted molar refractivity (Wildman–Crippen MR) is 138 cm³/mol. The zero-order chi connectivity index (χ0) is 24.8. The summed E-state index contributed by atoms with van der Waals surface area (Å²) < 4.78 is 28.4. The van der Waals surface area contributed by atoms with Gasteiger partial charge in [0.15, 0.2) is 0 Å². The molecular weight excluding hydrogens is 460 g/mol. The molecule has 8 heteroatoms. The first-order valence-corrected chi connectivity index (χ1v) is 13.4. The fourth-order valence-corrected chi connectivity index (χ4v) is 5.45. The number of nitrogens with zero attached hydrogens (tertiary/aromatic N) is 3. The van der Waals surface area contributed by atoms with Crippen LogP contribution in [0.2, 0.25) is 0 Å². The molecule has 3 aromatic rings. The average Bonchev–Trinajstić information content (AvgIpc) is 2.89. The number of sulfonamides is 1. The summed E-state index contributed by atoms with van der Waals surface area (Å²) in [4.78, 5) is 21.8. The molecule has 1 aliphatic heterocycles. The molecule has 0 radical (unpaired) electrons. The van der Waals surface area contributed by atoms with Crippen molar-refractivity contribution in [2.75, 3.05) is 31.4 Å². The molecule has 4 rings (SSSR count). The Morgan fingerprint density at radius 2 is 1.80 bits per heavy atom. The standard InChI is InChI=1S/C27H32N4O3S/c1-21-9-11-24(12-10-21)29-35(33,34)26-8-5-6-22(20-26)27(32)30(2)25-14-18-31(19-15-25)17-13-23-7-3-4-16-28-23/h3-12,16,20,25,29H,13-15,17-19H2,1-2H3. The molecular formula is C27H32N4O3S. The highest BCUT2D eigenvalue weighted by Crippen LogP contribution is 2.21. The first-order chi connectivity index (χ1) is 16.8. The van der Waals surface area contributed by atoms with Crippen molar-refractivity contribution in [2.45, 2.75) is 37.1 Å². The SMILES string of the molecule is Cc1ccc(NS(=O)(=O)c2cccc(C(=O)N(C)C3CCN(CCc4ccccn4)CC3)c2)cc1. The van der Waals surface area contributed by atoms with Crippen molar-refractivity contribution in [2.24, 2.45) is 0 Å². The van der Waals surface area contributed by atoms with Crippen LogP contribution in [-0.4, -0.2) is 61.8 Å². The number of aromatic nitrogens is 1. The molecule has 0 spiro atoms. The number of piperidine rings is 1. The third-order valence-corrected chi connectivity index (χ3v) is 7.91. The van der Waals surface area contributed by atoms with Gasteiger partial charge < -0.3 is 9.80 Å². The smallest absolute Gasteiger partial charge is 0.261 e. The van der Waals surface area contributed by atoms with Gasteiger partial charge in [0.25, 0.3) is 15.9 Å². The number of nitrogens with one attached hydrogen (secondary N) is 1. The van der Waals surface area contributed by atoms with Crippen molar-refractivity contribution in [3.8, 4) is 0 Å². The van der Waals surface area contributed by atoms with E-state index in [4.69, 9.17) is 0 Å². The van der Waals surface area contributed by atoms with Crippen LogP contribution in [0.3, 0.4) is 0 Å². The maximum atomic E-state index is 13.2. The van der Waals surface area contributed by atoms with E-state index in [9.17, 15) is 13.2 Å². The van der Waals surface area contributed by atoms with Crippen LogP contribution >= 0.6 is 0 Å². The van der Waals surface area contributed by atoms with Crippen molar-refractivity contribution in [1.29, 1.82) is 0 Å². The minimum atomic E-state index is -3.80. The molecule has 35 heavy (non-hydrogen) atoms.